The van der Waals surface area contributed by atoms with E-state index in [0.717, 1.165) is 14.1 Å². The summed E-state index contributed by atoms with van der Waals surface area (Å²) < 4.78 is 42.1. The molecular formula is C2H6ClNO4S2. The molecule has 0 fully saturated rings. The highest BCUT2D eigenvalue weighted by atomic mass is 35.8. The summed E-state index contributed by atoms with van der Waals surface area (Å²) in [6, 6.07) is 0. The molecule has 0 aliphatic carbocycles. The highest BCUT2D eigenvalue weighted by Crippen LogP contribution is 2.10. The number of rotatable bonds is 2. The zero-order valence-corrected chi connectivity index (χ0v) is 7.66. The smallest absolute Gasteiger partial charge is 0.194 e. The van der Waals surface area contributed by atoms with E-state index in [2.05, 4.69) is 10.7 Å². The molecule has 5 nitrogen and oxygen atoms in total. The molecule has 0 spiro atoms. The summed E-state index contributed by atoms with van der Waals surface area (Å²) in [4.78, 5) is 0. The van der Waals surface area contributed by atoms with Crippen molar-refractivity contribution in [2.45, 2.75) is 0 Å². The lowest BCUT2D eigenvalue weighted by Crippen LogP contribution is -2.26. The van der Waals surface area contributed by atoms with Crippen LogP contribution in [0.5, 0.6) is 0 Å². The van der Waals surface area contributed by atoms with Crippen LogP contribution in [0.2, 0.25) is 0 Å². The molecule has 0 N–H and O–H groups in total. The fourth-order valence-corrected chi connectivity index (χ4v) is 2.62. The molecule has 10 heavy (non-hydrogen) atoms. The van der Waals surface area contributed by atoms with Gasteiger partial charge in [-0.1, -0.05) is 0 Å². The first-order chi connectivity index (χ1) is 4.19. The van der Waals surface area contributed by atoms with Crippen LogP contribution in [-0.2, 0) is 17.1 Å². The Morgan fingerprint density at radius 3 is 1.40 bits per heavy atom. The lowest BCUT2D eigenvalue weighted by Gasteiger charge is -2.05. The van der Waals surface area contributed by atoms with Crippen LogP contribution in [-0.4, -0.2) is 35.2 Å². The standard InChI is InChI=1S/C2H6ClNO4S2/c1-4(2)10(7,8)9(3,5)6/h1-2H3. The van der Waals surface area contributed by atoms with Crippen LogP contribution in [0, 0.1) is 0 Å². The minimum Gasteiger partial charge on any atom is -0.194 e. The van der Waals surface area contributed by atoms with Gasteiger partial charge >= 0.3 is 17.1 Å². The Kier molecular flexibility index (Phi) is 2.69. The summed E-state index contributed by atoms with van der Waals surface area (Å²) in [7, 11) is -2.15. The minimum absolute atomic E-state index is 0.523. The molecule has 0 unspecified atom stereocenters. The summed E-state index contributed by atoms with van der Waals surface area (Å²) in [6.45, 7) is 0. The van der Waals surface area contributed by atoms with Gasteiger partial charge in [-0.2, -0.15) is 21.1 Å². The van der Waals surface area contributed by atoms with Crippen LogP contribution >= 0.6 is 10.7 Å². The average Bonchev–Trinajstić information content (AvgIpc) is 1.62. The monoisotopic (exact) mass is 207 g/mol. The highest BCUT2D eigenvalue weighted by molar-refractivity contribution is 8.75. The zero-order chi connectivity index (χ0) is 8.58. The third-order valence-electron chi connectivity index (χ3n) is 0.699. The van der Waals surface area contributed by atoms with E-state index in [-0.39, 0.29) is 0 Å². The topological polar surface area (TPSA) is 71.5 Å². The Hall–Kier alpha value is 0.150. The number of nitrogens with zero attached hydrogens (tertiary/aromatic N) is 1. The fraction of sp³-hybridized carbons (Fsp3) is 1.00. The molecule has 0 aromatic rings. The van der Waals surface area contributed by atoms with E-state index in [0.29, 0.717) is 4.31 Å². The number of halogens is 1. The summed E-state index contributed by atoms with van der Waals surface area (Å²) in [5, 5.41) is 0. The molecule has 0 heterocycles. The molecule has 0 aromatic heterocycles. The van der Waals surface area contributed by atoms with E-state index in [1.54, 1.807) is 0 Å². The van der Waals surface area contributed by atoms with Gasteiger partial charge in [0.2, 0.25) is 0 Å². The third kappa shape index (κ3) is 1.82. The predicted molar refractivity (Wildman–Crippen MR) is 37.4 cm³/mol. The highest BCUT2D eigenvalue weighted by Gasteiger charge is 2.29. The lowest BCUT2D eigenvalue weighted by molar-refractivity contribution is 0.529. The molecule has 0 aliphatic rings. The van der Waals surface area contributed by atoms with Crippen molar-refractivity contribution in [2.75, 3.05) is 14.1 Å². The van der Waals surface area contributed by atoms with Crippen molar-refractivity contribution in [3.8, 4) is 0 Å². The molecule has 0 amide bonds. The van der Waals surface area contributed by atoms with E-state index in [4.69, 9.17) is 0 Å². The molecule has 0 rings (SSSR count). The van der Waals surface area contributed by atoms with Gasteiger partial charge in [0.1, 0.15) is 0 Å². The van der Waals surface area contributed by atoms with Gasteiger partial charge in [-0.3, -0.25) is 0 Å². The van der Waals surface area contributed by atoms with Gasteiger partial charge in [0.05, 0.1) is 0 Å². The zero-order valence-electron chi connectivity index (χ0n) is 5.27. The average molecular weight is 208 g/mol. The molecular weight excluding hydrogens is 202 g/mol. The van der Waals surface area contributed by atoms with Gasteiger partial charge in [0.25, 0.3) is 0 Å². The second kappa shape index (κ2) is 2.65. The van der Waals surface area contributed by atoms with Crippen molar-refractivity contribution >= 4 is 27.8 Å². The lowest BCUT2D eigenvalue weighted by atomic mass is 11.3. The van der Waals surface area contributed by atoms with Crippen molar-refractivity contribution in [1.82, 2.24) is 4.31 Å². The Morgan fingerprint density at radius 2 is 1.40 bits per heavy atom. The fourth-order valence-electron chi connectivity index (χ4n) is 0.178. The van der Waals surface area contributed by atoms with Gasteiger partial charge in [-0.05, 0) is 0 Å². The quantitative estimate of drug-likeness (QED) is 0.446. The van der Waals surface area contributed by atoms with E-state index in [9.17, 15) is 16.8 Å². The number of hydrogen-bond donors (Lipinski definition) is 0. The van der Waals surface area contributed by atoms with Gasteiger partial charge in [0, 0.05) is 24.8 Å². The molecule has 0 radical (unpaired) electrons. The van der Waals surface area contributed by atoms with Crippen molar-refractivity contribution in [3.05, 3.63) is 0 Å². The Bertz CT molecular complexity index is 300. The second-order valence-electron chi connectivity index (χ2n) is 1.63. The Labute approximate surface area is 63.5 Å². The molecule has 8 heteroatoms. The van der Waals surface area contributed by atoms with Crippen LogP contribution in [0.1, 0.15) is 0 Å². The van der Waals surface area contributed by atoms with Gasteiger partial charge in [-0.25, -0.2) is 0 Å². The first kappa shape index (κ1) is 10.2. The summed E-state index contributed by atoms with van der Waals surface area (Å²) in [5.41, 5.74) is 0. The van der Waals surface area contributed by atoms with Crippen molar-refractivity contribution in [2.24, 2.45) is 0 Å². The van der Waals surface area contributed by atoms with Gasteiger partial charge in [0.15, 0.2) is 0 Å². The predicted octanol–water partition coefficient (Wildman–Crippen LogP) is -0.639. The normalized spacial score (nSPS) is 14.0. The molecule has 62 valence electrons. The van der Waals surface area contributed by atoms with Crippen LogP contribution < -0.4 is 0 Å². The van der Waals surface area contributed by atoms with E-state index in [1.165, 1.54) is 0 Å². The van der Waals surface area contributed by atoms with Crippen LogP contribution in [0.4, 0.5) is 0 Å². The number of hydrogen-bond acceptors (Lipinski definition) is 4. The van der Waals surface area contributed by atoms with Gasteiger partial charge in [-0.15, -0.1) is 0 Å². The molecule has 0 atom stereocenters. The van der Waals surface area contributed by atoms with Crippen LogP contribution in [0.3, 0.4) is 0 Å². The third-order valence-corrected chi connectivity index (χ3v) is 5.93. The molecule has 0 saturated heterocycles. The minimum atomic E-state index is -4.53. The first-order valence-corrected chi connectivity index (χ1v) is 6.33. The maximum absolute atomic E-state index is 10.6. The summed E-state index contributed by atoms with van der Waals surface area (Å²) >= 11 is 0. The summed E-state index contributed by atoms with van der Waals surface area (Å²) in [5.74, 6) is 0. The molecule has 0 aromatic carbocycles. The first-order valence-electron chi connectivity index (χ1n) is 2.06. The van der Waals surface area contributed by atoms with E-state index >= 15 is 0 Å². The van der Waals surface area contributed by atoms with E-state index in [1.807, 2.05) is 0 Å². The Balaban J connectivity index is 5.21. The van der Waals surface area contributed by atoms with Gasteiger partial charge < -0.3 is 0 Å². The maximum atomic E-state index is 10.6. The molecule has 0 saturated carbocycles. The van der Waals surface area contributed by atoms with Crippen LogP contribution in [0.25, 0.3) is 0 Å². The van der Waals surface area contributed by atoms with Crippen molar-refractivity contribution < 1.29 is 16.8 Å². The van der Waals surface area contributed by atoms with E-state index < -0.39 is 17.1 Å². The second-order valence-corrected chi connectivity index (χ2v) is 8.35. The summed E-state index contributed by atoms with van der Waals surface area (Å²) in [6.07, 6.45) is 0. The van der Waals surface area contributed by atoms with Crippen molar-refractivity contribution in [1.29, 1.82) is 0 Å². The molecule has 0 aliphatic heterocycles. The Morgan fingerprint density at radius 1 is 1.10 bits per heavy atom. The SMILES string of the molecule is CN(C)S(=O)(=O)S(=O)(=O)Cl. The maximum Gasteiger partial charge on any atom is 0.351 e. The van der Waals surface area contributed by atoms with Crippen molar-refractivity contribution in [3.63, 3.8) is 0 Å². The largest absolute Gasteiger partial charge is 0.351 e. The van der Waals surface area contributed by atoms with Crippen LogP contribution in [0.15, 0.2) is 0 Å². The molecule has 0 bridgehead atoms.